The Morgan fingerprint density at radius 2 is 1.87 bits per heavy atom. The number of likely N-dealkylation sites (N-methyl/N-ethyl adjacent to an activating group) is 1. The van der Waals surface area contributed by atoms with E-state index >= 15 is 0 Å². The number of carbonyl (C=O) groups excluding carboxylic acids is 2. The SMILES string of the molecule is Cc1nc(C(=O)N2CCC([C@@H](Cc3ccccc3)N(C)C(=O)c3cccs3)CC2)cs1. The van der Waals surface area contributed by atoms with E-state index < -0.39 is 0 Å². The number of hydrogen-bond donors (Lipinski definition) is 0. The summed E-state index contributed by atoms with van der Waals surface area (Å²) < 4.78 is 0. The minimum atomic E-state index is 0.0189. The number of benzene rings is 1. The van der Waals surface area contributed by atoms with Crippen molar-refractivity contribution in [2.75, 3.05) is 20.1 Å². The maximum atomic E-state index is 13.1. The first-order valence-corrected chi connectivity index (χ1v) is 12.3. The van der Waals surface area contributed by atoms with Gasteiger partial charge >= 0.3 is 0 Å². The van der Waals surface area contributed by atoms with Crippen LogP contribution in [0.25, 0.3) is 0 Å². The highest BCUT2D eigenvalue weighted by molar-refractivity contribution is 7.12. The van der Waals surface area contributed by atoms with Crippen LogP contribution >= 0.6 is 22.7 Å². The molecule has 4 rings (SSSR count). The molecule has 1 atom stereocenters. The summed E-state index contributed by atoms with van der Waals surface area (Å²) in [6.07, 6.45) is 2.58. The van der Waals surface area contributed by atoms with Crippen molar-refractivity contribution in [3.8, 4) is 0 Å². The number of aryl methyl sites for hydroxylation is 1. The van der Waals surface area contributed by atoms with Crippen molar-refractivity contribution >= 4 is 34.5 Å². The molecule has 3 aromatic rings. The molecule has 0 unspecified atom stereocenters. The van der Waals surface area contributed by atoms with Crippen LogP contribution in [0.15, 0.2) is 53.2 Å². The van der Waals surface area contributed by atoms with Crippen LogP contribution < -0.4 is 0 Å². The summed E-state index contributed by atoms with van der Waals surface area (Å²) in [6, 6.07) is 14.3. The van der Waals surface area contributed by atoms with E-state index in [2.05, 4.69) is 17.1 Å². The van der Waals surface area contributed by atoms with Crippen LogP contribution in [0.4, 0.5) is 0 Å². The topological polar surface area (TPSA) is 53.5 Å². The van der Waals surface area contributed by atoms with Crippen LogP contribution in [-0.2, 0) is 6.42 Å². The number of rotatable bonds is 6. The third-order valence-electron chi connectivity index (χ3n) is 6.05. The average molecular weight is 454 g/mol. The van der Waals surface area contributed by atoms with Gasteiger partial charge in [-0.05, 0) is 49.1 Å². The highest BCUT2D eigenvalue weighted by Gasteiger charge is 2.33. The standard InChI is InChI=1S/C24H27N3O2S2/c1-17-25-20(16-31-17)23(28)27-12-10-19(11-13-27)21(15-18-7-4-3-5-8-18)26(2)24(29)22-9-6-14-30-22/h3-9,14,16,19,21H,10-13,15H2,1-2H3/t21-/m1/s1. The fourth-order valence-electron chi connectivity index (χ4n) is 4.31. The molecular weight excluding hydrogens is 426 g/mol. The van der Waals surface area contributed by atoms with Crippen molar-refractivity contribution in [2.45, 2.75) is 32.2 Å². The fourth-order valence-corrected chi connectivity index (χ4v) is 5.60. The summed E-state index contributed by atoms with van der Waals surface area (Å²) in [5, 5.41) is 4.70. The van der Waals surface area contributed by atoms with Gasteiger partial charge in [-0.1, -0.05) is 36.4 Å². The molecule has 7 heteroatoms. The van der Waals surface area contributed by atoms with Gasteiger partial charge in [0.05, 0.1) is 9.88 Å². The van der Waals surface area contributed by atoms with Gasteiger partial charge in [-0.15, -0.1) is 22.7 Å². The second-order valence-electron chi connectivity index (χ2n) is 8.03. The number of aromatic nitrogens is 1. The van der Waals surface area contributed by atoms with Crippen molar-refractivity contribution in [3.05, 3.63) is 74.4 Å². The molecule has 1 saturated heterocycles. The molecule has 1 aromatic carbocycles. The average Bonchev–Trinajstić information content (AvgIpc) is 3.49. The minimum Gasteiger partial charge on any atom is -0.337 e. The van der Waals surface area contributed by atoms with Crippen molar-refractivity contribution < 1.29 is 9.59 Å². The largest absolute Gasteiger partial charge is 0.337 e. The molecule has 31 heavy (non-hydrogen) atoms. The van der Waals surface area contributed by atoms with Crippen molar-refractivity contribution in [1.82, 2.24) is 14.8 Å². The third kappa shape index (κ3) is 5.05. The molecule has 0 aliphatic carbocycles. The molecule has 1 aliphatic heterocycles. The van der Waals surface area contributed by atoms with Crippen molar-refractivity contribution in [1.29, 1.82) is 0 Å². The molecule has 0 N–H and O–H groups in total. The highest BCUT2D eigenvalue weighted by Crippen LogP contribution is 2.28. The Morgan fingerprint density at radius 3 is 2.48 bits per heavy atom. The lowest BCUT2D eigenvalue weighted by Gasteiger charge is -2.40. The monoisotopic (exact) mass is 453 g/mol. The summed E-state index contributed by atoms with van der Waals surface area (Å²) in [6.45, 7) is 3.32. The van der Waals surface area contributed by atoms with Crippen molar-refractivity contribution in [3.63, 3.8) is 0 Å². The number of amides is 2. The zero-order valence-electron chi connectivity index (χ0n) is 17.9. The molecule has 3 heterocycles. The van der Waals surface area contributed by atoms with Gasteiger partial charge in [0.25, 0.3) is 11.8 Å². The predicted octanol–water partition coefficient (Wildman–Crippen LogP) is 4.75. The number of thiazole rings is 1. The van der Waals surface area contributed by atoms with Gasteiger partial charge in [-0.3, -0.25) is 9.59 Å². The number of likely N-dealkylation sites (tertiary alicyclic amines) is 1. The Morgan fingerprint density at radius 1 is 1.13 bits per heavy atom. The Balaban J connectivity index is 1.48. The van der Waals surface area contributed by atoms with Gasteiger partial charge < -0.3 is 9.80 Å². The van der Waals surface area contributed by atoms with E-state index in [4.69, 9.17) is 0 Å². The van der Waals surface area contributed by atoms with Crippen molar-refractivity contribution in [2.24, 2.45) is 5.92 Å². The van der Waals surface area contributed by atoms with E-state index in [1.54, 1.807) is 0 Å². The lowest BCUT2D eigenvalue weighted by atomic mass is 9.84. The highest BCUT2D eigenvalue weighted by atomic mass is 32.1. The maximum absolute atomic E-state index is 13.1. The molecule has 2 amide bonds. The van der Waals surface area contributed by atoms with E-state index in [1.165, 1.54) is 28.2 Å². The number of piperidine rings is 1. The summed E-state index contributed by atoms with van der Waals surface area (Å²) >= 11 is 2.99. The summed E-state index contributed by atoms with van der Waals surface area (Å²) in [4.78, 5) is 34.8. The molecule has 0 bridgehead atoms. The third-order valence-corrected chi connectivity index (χ3v) is 7.68. The molecule has 1 fully saturated rings. The molecule has 162 valence electrons. The van der Waals surface area contributed by atoms with Crippen LogP contribution in [0, 0.1) is 12.8 Å². The smallest absolute Gasteiger partial charge is 0.273 e. The lowest BCUT2D eigenvalue weighted by Crippen LogP contribution is -2.48. The normalized spacial score (nSPS) is 15.6. The van der Waals surface area contributed by atoms with Gasteiger partial charge in [-0.25, -0.2) is 4.98 Å². The van der Waals surface area contributed by atoms with Gasteiger partial charge in [0.15, 0.2) is 0 Å². The van der Waals surface area contributed by atoms with Crippen LogP contribution in [-0.4, -0.2) is 52.8 Å². The van der Waals surface area contributed by atoms with Gasteiger partial charge in [0.1, 0.15) is 5.69 Å². The van der Waals surface area contributed by atoms with Crippen LogP contribution in [0.3, 0.4) is 0 Å². The second-order valence-corrected chi connectivity index (χ2v) is 10.0. The molecule has 1 aliphatic rings. The van der Waals surface area contributed by atoms with Gasteiger partial charge in [-0.2, -0.15) is 0 Å². The predicted molar refractivity (Wildman–Crippen MR) is 126 cm³/mol. The number of nitrogens with zero attached hydrogens (tertiary/aromatic N) is 3. The van der Waals surface area contributed by atoms with Gasteiger partial charge in [0.2, 0.25) is 0 Å². The zero-order chi connectivity index (χ0) is 21.8. The molecule has 0 radical (unpaired) electrons. The first kappa shape index (κ1) is 21.7. The summed E-state index contributed by atoms with van der Waals surface area (Å²) in [5.41, 5.74) is 1.78. The summed E-state index contributed by atoms with van der Waals surface area (Å²) in [5.74, 6) is 0.438. The second kappa shape index (κ2) is 9.75. The fraction of sp³-hybridized carbons (Fsp3) is 0.375. The van der Waals surface area contributed by atoms with Crippen LogP contribution in [0.5, 0.6) is 0 Å². The Labute approximate surface area is 191 Å². The van der Waals surface area contributed by atoms with E-state index in [1.807, 2.05) is 64.9 Å². The van der Waals surface area contributed by atoms with E-state index in [-0.39, 0.29) is 17.9 Å². The zero-order valence-corrected chi connectivity index (χ0v) is 19.5. The number of thiophene rings is 1. The van der Waals surface area contributed by atoms with Crippen LogP contribution in [0.1, 0.15) is 43.6 Å². The summed E-state index contributed by atoms with van der Waals surface area (Å²) in [7, 11) is 1.92. The van der Waals surface area contributed by atoms with E-state index in [9.17, 15) is 9.59 Å². The number of carbonyl (C=O) groups is 2. The molecule has 0 saturated carbocycles. The maximum Gasteiger partial charge on any atom is 0.273 e. The molecule has 0 spiro atoms. The minimum absolute atomic E-state index is 0.0189. The quantitative estimate of drug-likeness (QED) is 0.541. The first-order valence-electron chi connectivity index (χ1n) is 10.6. The molecule has 2 aromatic heterocycles. The van der Waals surface area contributed by atoms with E-state index in [0.29, 0.717) is 24.7 Å². The number of hydrogen-bond acceptors (Lipinski definition) is 5. The van der Waals surface area contributed by atoms with E-state index in [0.717, 1.165) is 29.1 Å². The molecule has 5 nitrogen and oxygen atoms in total. The van der Waals surface area contributed by atoms with Crippen LogP contribution in [0.2, 0.25) is 0 Å². The van der Waals surface area contributed by atoms with Gasteiger partial charge in [0, 0.05) is 31.6 Å². The molecular formula is C24H27N3O2S2. The Kier molecular flexibility index (Phi) is 6.83. The first-order chi connectivity index (χ1) is 15.0. The Hall–Kier alpha value is -2.51. The lowest BCUT2D eigenvalue weighted by molar-refractivity contribution is 0.0522. The Bertz CT molecular complexity index is 1010.